The van der Waals surface area contributed by atoms with Gasteiger partial charge in [0, 0.05) is 0 Å². The summed E-state index contributed by atoms with van der Waals surface area (Å²) in [6, 6.07) is 6.66. The van der Waals surface area contributed by atoms with Crippen LogP contribution in [0, 0.1) is 5.82 Å². The van der Waals surface area contributed by atoms with E-state index in [2.05, 4.69) is 21.2 Å². The van der Waals surface area contributed by atoms with Gasteiger partial charge >= 0.3 is 6.03 Å². The third-order valence-corrected chi connectivity index (χ3v) is 4.37. The van der Waals surface area contributed by atoms with Gasteiger partial charge in [-0.15, -0.1) is 0 Å². The third-order valence-electron chi connectivity index (χ3n) is 3.77. The van der Waals surface area contributed by atoms with E-state index < -0.39 is 23.7 Å². The highest BCUT2D eigenvalue weighted by Gasteiger charge is 2.36. The van der Waals surface area contributed by atoms with Crippen LogP contribution in [-0.2, 0) is 9.59 Å². The van der Waals surface area contributed by atoms with Crippen LogP contribution in [0.4, 0.5) is 14.9 Å². The van der Waals surface area contributed by atoms with Crippen LogP contribution in [0.15, 0.2) is 46.4 Å². The van der Waals surface area contributed by atoms with Gasteiger partial charge in [0.05, 0.1) is 17.3 Å². The Kier molecular flexibility index (Phi) is 4.95. The second kappa shape index (κ2) is 7.20. The van der Waals surface area contributed by atoms with Gasteiger partial charge in [0.25, 0.3) is 11.8 Å². The Hall–Kier alpha value is -3.20. The van der Waals surface area contributed by atoms with E-state index in [-0.39, 0.29) is 22.8 Å². The lowest BCUT2D eigenvalue weighted by molar-refractivity contribution is -0.122. The molecule has 0 aliphatic carbocycles. The topological polar surface area (TPSA) is 95.9 Å². The zero-order valence-electron chi connectivity index (χ0n) is 13.8. The molecule has 7 nitrogen and oxygen atoms in total. The molecule has 27 heavy (non-hydrogen) atoms. The fourth-order valence-electron chi connectivity index (χ4n) is 2.48. The fourth-order valence-corrected chi connectivity index (χ4v) is 2.94. The van der Waals surface area contributed by atoms with Crippen LogP contribution in [0.5, 0.6) is 11.5 Å². The summed E-state index contributed by atoms with van der Waals surface area (Å²) in [7, 11) is 1.35. The van der Waals surface area contributed by atoms with E-state index in [1.165, 1.54) is 37.5 Å². The van der Waals surface area contributed by atoms with Crippen molar-refractivity contribution in [3.63, 3.8) is 0 Å². The van der Waals surface area contributed by atoms with Gasteiger partial charge in [0.2, 0.25) is 0 Å². The first-order chi connectivity index (χ1) is 12.8. The number of hydrogen-bond donors (Lipinski definition) is 2. The summed E-state index contributed by atoms with van der Waals surface area (Å²) in [5.41, 5.74) is 0.184. The van der Waals surface area contributed by atoms with E-state index in [1.54, 1.807) is 0 Å². The average Bonchev–Trinajstić information content (AvgIpc) is 2.62. The Balaban J connectivity index is 2.04. The fraction of sp³-hybridized carbons (Fsp3) is 0.0556. The molecule has 1 heterocycles. The van der Waals surface area contributed by atoms with E-state index in [9.17, 15) is 23.9 Å². The molecule has 1 saturated heterocycles. The van der Waals surface area contributed by atoms with Crippen LogP contribution in [0.25, 0.3) is 6.08 Å². The maximum absolute atomic E-state index is 13.1. The summed E-state index contributed by atoms with van der Waals surface area (Å²) < 4.78 is 18.4. The number of phenols is 1. The molecule has 2 aromatic carbocycles. The SMILES string of the molecule is COc1cc(/C=C2\C(=O)NC(=O)N(c3ccc(F)cc3)C2=O)cc(Br)c1O. The van der Waals surface area contributed by atoms with Crippen LogP contribution in [-0.4, -0.2) is 30.1 Å². The number of hydrogen-bond acceptors (Lipinski definition) is 5. The van der Waals surface area contributed by atoms with Crippen molar-refractivity contribution in [3.8, 4) is 11.5 Å². The number of rotatable bonds is 3. The van der Waals surface area contributed by atoms with Gasteiger partial charge in [-0.3, -0.25) is 14.9 Å². The second-order valence-corrected chi connectivity index (χ2v) is 6.34. The Morgan fingerprint density at radius 2 is 1.85 bits per heavy atom. The molecule has 0 saturated carbocycles. The molecular weight excluding hydrogens is 423 g/mol. The van der Waals surface area contributed by atoms with Gasteiger partial charge in [-0.1, -0.05) is 0 Å². The first kappa shape index (κ1) is 18.6. The van der Waals surface area contributed by atoms with Crippen molar-refractivity contribution in [2.75, 3.05) is 12.0 Å². The summed E-state index contributed by atoms with van der Waals surface area (Å²) in [6.07, 6.45) is 1.26. The van der Waals surface area contributed by atoms with Crippen LogP contribution in [0.3, 0.4) is 0 Å². The molecule has 1 aliphatic heterocycles. The number of methoxy groups -OCH3 is 1. The standard InChI is InChI=1S/C18H12BrFN2O5/c1-27-14-8-9(7-13(19)15(14)23)6-12-16(24)21-18(26)22(17(12)25)11-4-2-10(20)3-5-11/h2-8,23H,1H3,(H,21,24,26)/b12-6+. The molecule has 1 aliphatic rings. The molecule has 0 unspecified atom stereocenters. The first-order valence-electron chi connectivity index (χ1n) is 7.55. The molecule has 1 fully saturated rings. The summed E-state index contributed by atoms with van der Waals surface area (Å²) in [6.45, 7) is 0. The number of carbonyl (C=O) groups is 3. The van der Waals surface area contributed by atoms with E-state index in [4.69, 9.17) is 4.74 Å². The third kappa shape index (κ3) is 3.54. The highest BCUT2D eigenvalue weighted by molar-refractivity contribution is 9.10. The summed E-state index contributed by atoms with van der Waals surface area (Å²) in [5.74, 6) is -2.27. The van der Waals surface area contributed by atoms with Gasteiger partial charge in [0.15, 0.2) is 11.5 Å². The number of nitrogens with one attached hydrogen (secondary N) is 1. The van der Waals surface area contributed by atoms with Crippen molar-refractivity contribution < 1.29 is 28.6 Å². The molecule has 0 spiro atoms. The van der Waals surface area contributed by atoms with E-state index >= 15 is 0 Å². The normalized spacial score (nSPS) is 15.9. The Morgan fingerprint density at radius 3 is 2.48 bits per heavy atom. The molecule has 4 amide bonds. The number of benzene rings is 2. The van der Waals surface area contributed by atoms with Gasteiger partial charge in [-0.25, -0.2) is 14.1 Å². The Morgan fingerprint density at radius 1 is 1.19 bits per heavy atom. The smallest absolute Gasteiger partial charge is 0.335 e. The van der Waals surface area contributed by atoms with Crippen molar-refractivity contribution in [1.29, 1.82) is 0 Å². The molecule has 9 heteroatoms. The quantitative estimate of drug-likeness (QED) is 0.571. The lowest BCUT2D eigenvalue weighted by Crippen LogP contribution is -2.54. The molecule has 138 valence electrons. The minimum atomic E-state index is -0.932. The van der Waals surface area contributed by atoms with E-state index in [0.29, 0.717) is 10.0 Å². The number of carbonyl (C=O) groups excluding carboxylic acids is 3. The Bertz CT molecular complexity index is 988. The highest BCUT2D eigenvalue weighted by Crippen LogP contribution is 2.36. The Labute approximate surface area is 161 Å². The first-order valence-corrected chi connectivity index (χ1v) is 8.34. The van der Waals surface area contributed by atoms with Gasteiger partial charge < -0.3 is 9.84 Å². The molecular formula is C18H12BrFN2O5. The predicted octanol–water partition coefficient (Wildman–Crippen LogP) is 2.97. The zero-order chi connectivity index (χ0) is 19.7. The van der Waals surface area contributed by atoms with Gasteiger partial charge in [-0.05, 0) is 64.0 Å². The highest BCUT2D eigenvalue weighted by atomic mass is 79.9. The second-order valence-electron chi connectivity index (χ2n) is 5.49. The maximum atomic E-state index is 13.1. The lowest BCUT2D eigenvalue weighted by atomic mass is 10.1. The number of anilines is 1. The molecule has 0 radical (unpaired) electrons. The molecule has 2 aromatic rings. The number of amides is 4. The minimum Gasteiger partial charge on any atom is -0.503 e. The number of imide groups is 2. The monoisotopic (exact) mass is 434 g/mol. The summed E-state index contributed by atoms with van der Waals surface area (Å²) in [5, 5.41) is 11.9. The largest absolute Gasteiger partial charge is 0.503 e. The van der Waals surface area contributed by atoms with Gasteiger partial charge in [-0.2, -0.15) is 0 Å². The molecule has 3 rings (SSSR count). The molecule has 2 N–H and O–H groups in total. The minimum absolute atomic E-state index is 0.113. The number of nitrogens with zero attached hydrogens (tertiary/aromatic N) is 1. The van der Waals surface area contributed by atoms with Crippen LogP contribution < -0.4 is 15.0 Å². The number of phenolic OH excluding ortho intramolecular Hbond substituents is 1. The number of halogens is 2. The van der Waals surface area contributed by atoms with Crippen molar-refractivity contribution in [3.05, 3.63) is 57.8 Å². The van der Waals surface area contributed by atoms with Crippen molar-refractivity contribution in [2.24, 2.45) is 0 Å². The van der Waals surface area contributed by atoms with Crippen molar-refractivity contribution in [2.45, 2.75) is 0 Å². The maximum Gasteiger partial charge on any atom is 0.335 e. The lowest BCUT2D eigenvalue weighted by Gasteiger charge is -2.26. The number of urea groups is 1. The summed E-state index contributed by atoms with van der Waals surface area (Å²) >= 11 is 3.15. The molecule has 0 atom stereocenters. The molecule has 0 aromatic heterocycles. The molecule has 0 bridgehead atoms. The van der Waals surface area contributed by atoms with Crippen LogP contribution >= 0.6 is 15.9 Å². The van der Waals surface area contributed by atoms with E-state index in [1.807, 2.05) is 0 Å². The van der Waals surface area contributed by atoms with Crippen LogP contribution in [0.1, 0.15) is 5.56 Å². The van der Waals surface area contributed by atoms with Gasteiger partial charge in [0.1, 0.15) is 11.4 Å². The van der Waals surface area contributed by atoms with Crippen molar-refractivity contribution in [1.82, 2.24) is 5.32 Å². The number of barbiturate groups is 1. The van der Waals surface area contributed by atoms with Crippen molar-refractivity contribution >= 4 is 45.5 Å². The number of aromatic hydroxyl groups is 1. The van der Waals surface area contributed by atoms with E-state index in [0.717, 1.165) is 17.0 Å². The van der Waals surface area contributed by atoms with Crippen LogP contribution in [0.2, 0.25) is 0 Å². The summed E-state index contributed by atoms with van der Waals surface area (Å²) in [4.78, 5) is 37.7. The average molecular weight is 435 g/mol. The number of ether oxygens (including phenoxy) is 1. The zero-order valence-corrected chi connectivity index (χ0v) is 15.4. The predicted molar refractivity (Wildman–Crippen MR) is 97.8 cm³/mol.